The van der Waals surface area contributed by atoms with E-state index in [9.17, 15) is 9.90 Å². The molecule has 0 aliphatic rings. The Hall–Kier alpha value is -1.09. The number of nitrogens with zero attached hydrogens (tertiary/aromatic N) is 1. The molecule has 1 heterocycles. The summed E-state index contributed by atoms with van der Waals surface area (Å²) in [5, 5.41) is 9.48. The van der Waals surface area contributed by atoms with E-state index in [0.717, 1.165) is 30.8 Å². The second kappa shape index (κ2) is 5.12. The summed E-state index contributed by atoms with van der Waals surface area (Å²) in [5.41, 5.74) is 1.98. The molecule has 0 radical (unpaired) electrons. The average molecular weight is 209 g/mol. The standard InChI is InChI=1S/C12H19NO2/c1-4-11(14)5-6-13-9(2)7-12(15)8-10(13)3/h7-8,11,14H,4-6H2,1-3H3. The normalized spacial score (nSPS) is 12.8. The van der Waals surface area contributed by atoms with Crippen LogP contribution < -0.4 is 5.43 Å². The molecule has 0 amide bonds. The third-order valence-electron chi connectivity index (χ3n) is 2.71. The number of aliphatic hydroxyl groups excluding tert-OH is 1. The molecule has 1 atom stereocenters. The molecule has 0 saturated heterocycles. The van der Waals surface area contributed by atoms with Gasteiger partial charge in [0.25, 0.3) is 0 Å². The first-order chi connectivity index (χ1) is 7.04. The van der Waals surface area contributed by atoms with E-state index in [2.05, 4.69) is 4.57 Å². The molecule has 0 aliphatic carbocycles. The van der Waals surface area contributed by atoms with Gasteiger partial charge in [0.1, 0.15) is 0 Å². The zero-order chi connectivity index (χ0) is 11.4. The molecular formula is C12H19NO2. The summed E-state index contributed by atoms with van der Waals surface area (Å²) in [6, 6.07) is 3.26. The van der Waals surface area contributed by atoms with E-state index in [0.29, 0.717) is 0 Å². The van der Waals surface area contributed by atoms with Gasteiger partial charge in [-0.15, -0.1) is 0 Å². The predicted molar refractivity (Wildman–Crippen MR) is 61.1 cm³/mol. The third-order valence-corrected chi connectivity index (χ3v) is 2.71. The minimum Gasteiger partial charge on any atom is -0.393 e. The molecule has 1 rings (SSSR count). The van der Waals surface area contributed by atoms with Crippen LogP contribution in [0.5, 0.6) is 0 Å². The van der Waals surface area contributed by atoms with Crippen LogP contribution in [0.3, 0.4) is 0 Å². The third kappa shape index (κ3) is 3.20. The van der Waals surface area contributed by atoms with Gasteiger partial charge in [-0.3, -0.25) is 4.79 Å². The molecule has 0 aromatic carbocycles. The quantitative estimate of drug-likeness (QED) is 0.819. The maximum atomic E-state index is 11.2. The van der Waals surface area contributed by atoms with Crippen molar-refractivity contribution in [2.45, 2.75) is 46.3 Å². The molecule has 0 spiro atoms. The lowest BCUT2D eigenvalue weighted by molar-refractivity contribution is 0.154. The van der Waals surface area contributed by atoms with E-state index in [1.807, 2.05) is 20.8 Å². The Balaban J connectivity index is 2.81. The van der Waals surface area contributed by atoms with Crippen molar-refractivity contribution in [2.24, 2.45) is 0 Å². The topological polar surface area (TPSA) is 42.2 Å². The van der Waals surface area contributed by atoms with Crippen LogP contribution in [-0.2, 0) is 6.54 Å². The van der Waals surface area contributed by atoms with Crippen molar-refractivity contribution in [3.8, 4) is 0 Å². The Labute approximate surface area is 90.4 Å². The van der Waals surface area contributed by atoms with Crippen LogP contribution in [0.1, 0.15) is 31.2 Å². The summed E-state index contributed by atoms with van der Waals surface area (Å²) in [4.78, 5) is 11.2. The second-order valence-electron chi connectivity index (χ2n) is 3.98. The van der Waals surface area contributed by atoms with Crippen LogP contribution in [0, 0.1) is 13.8 Å². The van der Waals surface area contributed by atoms with Gasteiger partial charge in [-0.2, -0.15) is 0 Å². The zero-order valence-corrected chi connectivity index (χ0v) is 9.66. The molecule has 1 aromatic heterocycles. The number of hydrogen-bond acceptors (Lipinski definition) is 2. The summed E-state index contributed by atoms with van der Waals surface area (Å²) in [7, 11) is 0. The smallest absolute Gasteiger partial charge is 0.182 e. The molecule has 0 saturated carbocycles. The van der Waals surface area contributed by atoms with Gasteiger partial charge in [-0.05, 0) is 26.7 Å². The van der Waals surface area contributed by atoms with Crippen molar-refractivity contribution in [2.75, 3.05) is 0 Å². The molecule has 0 aliphatic heterocycles. The summed E-state index contributed by atoms with van der Waals surface area (Å²) in [6.45, 7) is 6.59. The van der Waals surface area contributed by atoms with Gasteiger partial charge in [0, 0.05) is 30.1 Å². The maximum absolute atomic E-state index is 11.2. The molecule has 15 heavy (non-hydrogen) atoms. The van der Waals surface area contributed by atoms with Crippen LogP contribution in [-0.4, -0.2) is 15.8 Å². The van der Waals surface area contributed by atoms with E-state index < -0.39 is 0 Å². The minimum absolute atomic E-state index is 0.0530. The van der Waals surface area contributed by atoms with E-state index in [4.69, 9.17) is 0 Å². The Morgan fingerprint density at radius 3 is 2.33 bits per heavy atom. The van der Waals surface area contributed by atoms with Crippen LogP contribution in [0.2, 0.25) is 0 Å². The number of pyridine rings is 1. The average Bonchev–Trinajstić information content (AvgIpc) is 2.15. The largest absolute Gasteiger partial charge is 0.393 e. The fraction of sp³-hybridized carbons (Fsp3) is 0.583. The van der Waals surface area contributed by atoms with Gasteiger partial charge in [-0.25, -0.2) is 0 Å². The molecule has 1 aromatic rings. The van der Waals surface area contributed by atoms with Gasteiger partial charge in [0.05, 0.1) is 6.10 Å². The van der Waals surface area contributed by atoms with Crippen LogP contribution >= 0.6 is 0 Å². The van der Waals surface area contributed by atoms with E-state index in [1.165, 1.54) is 0 Å². The lowest BCUT2D eigenvalue weighted by Gasteiger charge is -2.15. The van der Waals surface area contributed by atoms with Gasteiger partial charge in [0.2, 0.25) is 0 Å². The monoisotopic (exact) mass is 209 g/mol. The Kier molecular flexibility index (Phi) is 4.09. The first-order valence-corrected chi connectivity index (χ1v) is 5.40. The summed E-state index contributed by atoms with van der Waals surface area (Å²) >= 11 is 0. The van der Waals surface area contributed by atoms with Crippen molar-refractivity contribution in [3.63, 3.8) is 0 Å². The van der Waals surface area contributed by atoms with Crippen LogP contribution in [0.15, 0.2) is 16.9 Å². The van der Waals surface area contributed by atoms with E-state index >= 15 is 0 Å². The predicted octanol–water partition coefficient (Wildman–Crippen LogP) is 1.63. The van der Waals surface area contributed by atoms with Crippen LogP contribution in [0.4, 0.5) is 0 Å². The van der Waals surface area contributed by atoms with Gasteiger partial charge in [0.15, 0.2) is 5.43 Å². The van der Waals surface area contributed by atoms with Gasteiger partial charge >= 0.3 is 0 Å². The van der Waals surface area contributed by atoms with Gasteiger partial charge < -0.3 is 9.67 Å². The van der Waals surface area contributed by atoms with E-state index in [-0.39, 0.29) is 11.5 Å². The molecule has 1 unspecified atom stereocenters. The maximum Gasteiger partial charge on any atom is 0.182 e. The first-order valence-electron chi connectivity index (χ1n) is 5.40. The minimum atomic E-state index is -0.247. The fourth-order valence-corrected chi connectivity index (χ4v) is 1.72. The van der Waals surface area contributed by atoms with Crippen molar-refractivity contribution in [1.29, 1.82) is 0 Å². The Morgan fingerprint density at radius 1 is 1.33 bits per heavy atom. The highest BCUT2D eigenvalue weighted by molar-refractivity contribution is 5.12. The molecule has 0 fully saturated rings. The molecular weight excluding hydrogens is 190 g/mol. The summed E-state index contributed by atoms with van der Waals surface area (Å²) in [5.74, 6) is 0. The Bertz CT molecular complexity index is 355. The summed E-state index contributed by atoms with van der Waals surface area (Å²) < 4.78 is 2.07. The number of aromatic nitrogens is 1. The molecule has 84 valence electrons. The first kappa shape index (κ1) is 12.0. The number of rotatable bonds is 4. The second-order valence-corrected chi connectivity index (χ2v) is 3.98. The highest BCUT2D eigenvalue weighted by Crippen LogP contribution is 2.06. The number of hydrogen-bond donors (Lipinski definition) is 1. The molecule has 3 heteroatoms. The summed E-state index contributed by atoms with van der Waals surface area (Å²) in [6.07, 6.45) is 1.27. The zero-order valence-electron chi connectivity index (χ0n) is 9.66. The number of aliphatic hydroxyl groups is 1. The lowest BCUT2D eigenvalue weighted by atomic mass is 10.2. The molecule has 3 nitrogen and oxygen atoms in total. The van der Waals surface area contributed by atoms with Crippen molar-refractivity contribution in [3.05, 3.63) is 33.7 Å². The fourth-order valence-electron chi connectivity index (χ4n) is 1.72. The SMILES string of the molecule is CCC(O)CCn1c(C)cc(=O)cc1C. The lowest BCUT2D eigenvalue weighted by Crippen LogP contribution is -2.16. The van der Waals surface area contributed by atoms with Crippen LogP contribution in [0.25, 0.3) is 0 Å². The highest BCUT2D eigenvalue weighted by Gasteiger charge is 2.04. The van der Waals surface area contributed by atoms with E-state index in [1.54, 1.807) is 12.1 Å². The highest BCUT2D eigenvalue weighted by atomic mass is 16.3. The van der Waals surface area contributed by atoms with Crippen molar-refractivity contribution in [1.82, 2.24) is 4.57 Å². The van der Waals surface area contributed by atoms with Gasteiger partial charge in [-0.1, -0.05) is 6.92 Å². The van der Waals surface area contributed by atoms with Crippen molar-refractivity contribution >= 4 is 0 Å². The molecule has 0 bridgehead atoms. The Morgan fingerprint density at radius 2 is 1.87 bits per heavy atom. The number of aryl methyl sites for hydroxylation is 2. The van der Waals surface area contributed by atoms with Crippen molar-refractivity contribution < 1.29 is 5.11 Å². The molecule has 1 N–H and O–H groups in total.